The van der Waals surface area contributed by atoms with Gasteiger partial charge in [0.2, 0.25) is 11.0 Å². The minimum absolute atomic E-state index is 0.0876. The number of aryl methyl sites for hydroxylation is 1. The average molecular weight is 398 g/mol. The predicted octanol–water partition coefficient (Wildman–Crippen LogP) is 4.27. The van der Waals surface area contributed by atoms with Crippen LogP contribution in [0.15, 0.2) is 54.6 Å². The minimum Gasteiger partial charge on any atom is -0.494 e. The van der Waals surface area contributed by atoms with Crippen molar-refractivity contribution in [2.24, 2.45) is 0 Å². The topological polar surface area (TPSA) is 73.3 Å². The number of carbonyl (C=O) groups is 1. The molecule has 0 bridgehead atoms. The highest BCUT2D eigenvalue weighted by molar-refractivity contribution is 7.15. The quantitative estimate of drug-likeness (QED) is 0.517. The number of nitrogens with zero attached hydrogens (tertiary/aromatic N) is 2. The van der Waals surface area contributed by atoms with E-state index < -0.39 is 0 Å². The fraction of sp³-hybridized carbons (Fsp3) is 0.286. The number of amides is 1. The number of para-hydroxylation sites is 1. The smallest absolute Gasteiger partial charge is 0.226 e. The molecule has 0 saturated carbocycles. The average Bonchev–Trinajstić information content (AvgIpc) is 3.13. The fourth-order valence-corrected chi connectivity index (χ4v) is 3.22. The Morgan fingerprint density at radius 2 is 1.79 bits per heavy atom. The molecule has 1 heterocycles. The number of carbonyl (C=O) groups excluding carboxylic acids is 1. The van der Waals surface area contributed by atoms with Gasteiger partial charge in [0.25, 0.3) is 0 Å². The summed E-state index contributed by atoms with van der Waals surface area (Å²) in [6.07, 6.45) is 1.65. The molecule has 3 aromatic rings. The SMILES string of the molecule is Cc1cccc(OCCc2nnc(NC(=O)CCCOc3ccccc3)s2)c1. The normalized spacial score (nSPS) is 10.5. The van der Waals surface area contributed by atoms with Crippen LogP contribution in [0.3, 0.4) is 0 Å². The second-order valence-electron chi connectivity index (χ2n) is 6.23. The number of nitrogens with one attached hydrogen (secondary N) is 1. The first-order valence-corrected chi connectivity index (χ1v) is 10.0. The first kappa shape index (κ1) is 19.8. The molecule has 7 heteroatoms. The van der Waals surface area contributed by atoms with Crippen LogP contribution in [0, 0.1) is 6.92 Å². The van der Waals surface area contributed by atoms with Gasteiger partial charge in [-0.3, -0.25) is 4.79 Å². The summed E-state index contributed by atoms with van der Waals surface area (Å²) in [7, 11) is 0. The monoisotopic (exact) mass is 397 g/mol. The number of anilines is 1. The van der Waals surface area contributed by atoms with E-state index in [1.165, 1.54) is 11.3 Å². The van der Waals surface area contributed by atoms with E-state index in [0.717, 1.165) is 22.1 Å². The zero-order chi connectivity index (χ0) is 19.6. The van der Waals surface area contributed by atoms with Crippen LogP contribution in [0.1, 0.15) is 23.4 Å². The summed E-state index contributed by atoms with van der Waals surface area (Å²) in [6, 6.07) is 17.5. The Kier molecular flexibility index (Phi) is 7.37. The van der Waals surface area contributed by atoms with E-state index >= 15 is 0 Å². The molecule has 1 amide bonds. The lowest BCUT2D eigenvalue weighted by Crippen LogP contribution is -2.12. The Morgan fingerprint density at radius 3 is 2.61 bits per heavy atom. The number of ether oxygens (including phenoxy) is 2. The van der Waals surface area contributed by atoms with Gasteiger partial charge in [-0.05, 0) is 43.2 Å². The number of rotatable bonds is 10. The second-order valence-corrected chi connectivity index (χ2v) is 7.29. The molecular formula is C21H23N3O3S. The van der Waals surface area contributed by atoms with Gasteiger partial charge in [-0.2, -0.15) is 0 Å². The maximum absolute atomic E-state index is 12.0. The molecule has 1 N–H and O–H groups in total. The molecule has 2 aromatic carbocycles. The molecule has 0 saturated heterocycles. The molecule has 0 aliphatic heterocycles. The largest absolute Gasteiger partial charge is 0.494 e. The van der Waals surface area contributed by atoms with Gasteiger partial charge in [-0.25, -0.2) is 0 Å². The maximum atomic E-state index is 12.0. The second kappa shape index (κ2) is 10.4. The third kappa shape index (κ3) is 6.66. The molecule has 0 aliphatic rings. The van der Waals surface area contributed by atoms with Crippen LogP contribution in [0.5, 0.6) is 11.5 Å². The Hall–Kier alpha value is -2.93. The first-order valence-electron chi connectivity index (χ1n) is 9.18. The summed E-state index contributed by atoms with van der Waals surface area (Å²) in [5.41, 5.74) is 1.16. The number of hydrogen-bond donors (Lipinski definition) is 1. The van der Waals surface area contributed by atoms with Gasteiger partial charge < -0.3 is 14.8 Å². The molecule has 3 rings (SSSR count). The standard InChI is InChI=1S/C21H23N3O3S/c1-16-7-5-10-18(15-16)27-14-12-20-23-24-21(28-20)22-19(25)11-6-13-26-17-8-3-2-4-9-17/h2-5,7-10,15H,6,11-14H2,1H3,(H,22,24,25). The van der Waals surface area contributed by atoms with Crippen molar-refractivity contribution in [3.63, 3.8) is 0 Å². The Labute approximate surface area is 168 Å². The lowest BCUT2D eigenvalue weighted by Gasteiger charge is -2.05. The Bertz CT molecular complexity index is 883. The van der Waals surface area contributed by atoms with Gasteiger partial charge in [0, 0.05) is 12.8 Å². The summed E-state index contributed by atoms with van der Waals surface area (Å²) in [4.78, 5) is 12.0. The summed E-state index contributed by atoms with van der Waals surface area (Å²) in [6.45, 7) is 3.04. The molecule has 6 nitrogen and oxygen atoms in total. The van der Waals surface area contributed by atoms with Crippen molar-refractivity contribution in [2.45, 2.75) is 26.2 Å². The van der Waals surface area contributed by atoms with Crippen molar-refractivity contribution in [1.29, 1.82) is 0 Å². The summed E-state index contributed by atoms with van der Waals surface area (Å²) >= 11 is 1.37. The molecule has 0 aliphatic carbocycles. The highest BCUT2D eigenvalue weighted by atomic mass is 32.1. The van der Waals surface area contributed by atoms with Crippen molar-refractivity contribution < 1.29 is 14.3 Å². The van der Waals surface area contributed by atoms with E-state index in [2.05, 4.69) is 15.5 Å². The molecule has 0 unspecified atom stereocenters. The summed E-state index contributed by atoms with van der Waals surface area (Å²) in [5.74, 6) is 1.57. The van der Waals surface area contributed by atoms with Crippen LogP contribution in [-0.4, -0.2) is 29.3 Å². The first-order chi connectivity index (χ1) is 13.7. The Balaban J connectivity index is 1.33. The van der Waals surface area contributed by atoms with Crippen LogP contribution < -0.4 is 14.8 Å². The van der Waals surface area contributed by atoms with Gasteiger partial charge in [0.15, 0.2) is 0 Å². The highest BCUT2D eigenvalue weighted by Crippen LogP contribution is 2.17. The van der Waals surface area contributed by atoms with Crippen molar-refractivity contribution in [3.8, 4) is 11.5 Å². The van der Waals surface area contributed by atoms with E-state index in [0.29, 0.717) is 37.6 Å². The fourth-order valence-electron chi connectivity index (χ4n) is 2.49. The van der Waals surface area contributed by atoms with Crippen LogP contribution in [0.4, 0.5) is 5.13 Å². The third-order valence-electron chi connectivity index (χ3n) is 3.85. The van der Waals surface area contributed by atoms with Gasteiger partial charge in [-0.15, -0.1) is 10.2 Å². The lowest BCUT2D eigenvalue weighted by atomic mass is 10.2. The maximum Gasteiger partial charge on any atom is 0.226 e. The predicted molar refractivity (Wildman–Crippen MR) is 110 cm³/mol. The summed E-state index contributed by atoms with van der Waals surface area (Å²) < 4.78 is 11.3. The number of hydrogen-bond acceptors (Lipinski definition) is 6. The molecule has 0 radical (unpaired) electrons. The van der Waals surface area contributed by atoms with E-state index in [1.54, 1.807) is 0 Å². The van der Waals surface area contributed by atoms with E-state index in [-0.39, 0.29) is 5.91 Å². The highest BCUT2D eigenvalue weighted by Gasteiger charge is 2.08. The van der Waals surface area contributed by atoms with E-state index in [4.69, 9.17) is 9.47 Å². The minimum atomic E-state index is -0.0876. The van der Waals surface area contributed by atoms with Crippen molar-refractivity contribution in [2.75, 3.05) is 18.5 Å². The molecule has 0 fully saturated rings. The molecule has 28 heavy (non-hydrogen) atoms. The van der Waals surface area contributed by atoms with Crippen molar-refractivity contribution in [3.05, 3.63) is 65.2 Å². The summed E-state index contributed by atoms with van der Waals surface area (Å²) in [5, 5.41) is 12.3. The molecular weight excluding hydrogens is 374 g/mol. The zero-order valence-corrected chi connectivity index (χ0v) is 16.6. The van der Waals surface area contributed by atoms with Gasteiger partial charge in [0.1, 0.15) is 16.5 Å². The van der Waals surface area contributed by atoms with Crippen LogP contribution in [0.2, 0.25) is 0 Å². The number of aromatic nitrogens is 2. The number of benzene rings is 2. The molecule has 1 aromatic heterocycles. The zero-order valence-electron chi connectivity index (χ0n) is 15.8. The third-order valence-corrected chi connectivity index (χ3v) is 4.75. The van der Waals surface area contributed by atoms with Gasteiger partial charge in [-0.1, -0.05) is 41.7 Å². The lowest BCUT2D eigenvalue weighted by molar-refractivity contribution is -0.116. The van der Waals surface area contributed by atoms with Crippen molar-refractivity contribution >= 4 is 22.4 Å². The molecule has 0 atom stereocenters. The van der Waals surface area contributed by atoms with Crippen LogP contribution in [0.25, 0.3) is 0 Å². The van der Waals surface area contributed by atoms with Gasteiger partial charge >= 0.3 is 0 Å². The molecule has 146 valence electrons. The Morgan fingerprint density at radius 1 is 1.00 bits per heavy atom. The van der Waals surface area contributed by atoms with Crippen LogP contribution in [-0.2, 0) is 11.2 Å². The van der Waals surface area contributed by atoms with Crippen LogP contribution >= 0.6 is 11.3 Å². The molecule has 0 spiro atoms. The van der Waals surface area contributed by atoms with Gasteiger partial charge in [0.05, 0.1) is 13.2 Å². The van der Waals surface area contributed by atoms with Crippen molar-refractivity contribution in [1.82, 2.24) is 10.2 Å². The van der Waals surface area contributed by atoms with E-state index in [1.807, 2.05) is 61.5 Å². The van der Waals surface area contributed by atoms with E-state index in [9.17, 15) is 4.79 Å².